The third-order valence-electron chi connectivity index (χ3n) is 6.16. The number of likely N-dealkylation sites (tertiary alicyclic amines) is 1. The number of carboxylic acids is 1. The molecule has 2 N–H and O–H groups in total. The second-order valence-corrected chi connectivity index (χ2v) is 8.44. The average molecular weight is 491 g/mol. The molecule has 0 aliphatic carbocycles. The number of halogens is 3. The van der Waals surface area contributed by atoms with Gasteiger partial charge in [0.2, 0.25) is 5.88 Å². The third kappa shape index (κ3) is 5.56. The lowest BCUT2D eigenvalue weighted by Gasteiger charge is -2.50. The third-order valence-corrected chi connectivity index (χ3v) is 6.16. The highest BCUT2D eigenvalue weighted by Crippen LogP contribution is 2.42. The fourth-order valence-electron chi connectivity index (χ4n) is 4.38. The number of carbonyl (C=O) groups is 2. The Hall–Kier alpha value is -3.60. The first-order valence-electron chi connectivity index (χ1n) is 11.0. The lowest BCUT2D eigenvalue weighted by atomic mass is 9.79. The Kier molecular flexibility index (Phi) is 6.97. The van der Waals surface area contributed by atoms with E-state index in [-0.39, 0.29) is 11.5 Å². The van der Waals surface area contributed by atoms with E-state index in [1.165, 1.54) is 0 Å². The minimum absolute atomic E-state index is 0.0424. The molecule has 5 rings (SSSR count). The Morgan fingerprint density at radius 2 is 1.91 bits per heavy atom. The standard InChI is InChI=1S/C22H23N3O3.C2HF3O2/c26-21(19-13-16-5-1-2-6-18(16)24-19)25-14-22(15-25)17(9-12-28-22)8-11-27-20-7-3-4-10-23-20;3-2(4,5)1(6)7/h1-7,10,13,17,24H,8-9,11-12,14-15H2;(H,6,7). The second-order valence-electron chi connectivity index (χ2n) is 8.44. The number of hydrogen-bond donors (Lipinski definition) is 2. The number of aromatic amines is 1. The van der Waals surface area contributed by atoms with Crippen molar-refractivity contribution in [3.05, 3.63) is 60.4 Å². The summed E-state index contributed by atoms with van der Waals surface area (Å²) in [7, 11) is 0. The molecule has 1 unspecified atom stereocenters. The molecule has 1 aromatic carbocycles. The number of hydrogen-bond acceptors (Lipinski definition) is 5. The van der Waals surface area contributed by atoms with Gasteiger partial charge in [0.15, 0.2) is 0 Å². The van der Waals surface area contributed by atoms with Crippen LogP contribution in [0.4, 0.5) is 13.2 Å². The molecular weight excluding hydrogens is 467 g/mol. The van der Waals surface area contributed by atoms with Crippen molar-refractivity contribution in [1.29, 1.82) is 0 Å². The maximum absolute atomic E-state index is 12.8. The summed E-state index contributed by atoms with van der Waals surface area (Å²) in [5, 5.41) is 8.18. The molecule has 0 bridgehead atoms. The highest BCUT2D eigenvalue weighted by molar-refractivity contribution is 5.98. The van der Waals surface area contributed by atoms with Gasteiger partial charge in [-0.1, -0.05) is 24.3 Å². The maximum atomic E-state index is 12.8. The average Bonchev–Trinajstić information content (AvgIpc) is 3.43. The number of ether oxygens (including phenoxy) is 2. The molecule has 2 aliphatic rings. The van der Waals surface area contributed by atoms with Gasteiger partial charge in [0.1, 0.15) is 11.3 Å². The number of nitrogens with zero attached hydrogens (tertiary/aromatic N) is 2. The summed E-state index contributed by atoms with van der Waals surface area (Å²) in [6, 6.07) is 15.5. The topological polar surface area (TPSA) is 105 Å². The van der Waals surface area contributed by atoms with Crippen molar-refractivity contribution in [2.24, 2.45) is 5.92 Å². The molecule has 1 amide bonds. The van der Waals surface area contributed by atoms with Crippen LogP contribution in [0.2, 0.25) is 0 Å². The molecule has 3 aromatic rings. The molecule has 1 atom stereocenters. The molecule has 2 aliphatic heterocycles. The molecule has 2 saturated heterocycles. The molecule has 1 spiro atoms. The fraction of sp³-hybridized carbons (Fsp3) is 0.375. The second kappa shape index (κ2) is 9.95. The molecule has 8 nitrogen and oxygen atoms in total. The Morgan fingerprint density at radius 3 is 2.57 bits per heavy atom. The number of carbonyl (C=O) groups excluding carboxylic acids is 1. The number of pyridine rings is 1. The number of fused-ring (bicyclic) bond motifs is 1. The zero-order valence-electron chi connectivity index (χ0n) is 18.6. The van der Waals surface area contributed by atoms with Gasteiger partial charge in [-0.05, 0) is 37.0 Å². The molecule has 186 valence electrons. The summed E-state index contributed by atoms with van der Waals surface area (Å²) in [5.74, 6) is -1.66. The lowest BCUT2D eigenvalue weighted by molar-refractivity contribution is -0.192. The van der Waals surface area contributed by atoms with Gasteiger partial charge in [0.25, 0.3) is 5.91 Å². The van der Waals surface area contributed by atoms with Crippen LogP contribution >= 0.6 is 0 Å². The first-order chi connectivity index (χ1) is 16.7. The van der Waals surface area contributed by atoms with Crippen LogP contribution in [0.25, 0.3) is 10.9 Å². The van der Waals surface area contributed by atoms with Crippen LogP contribution in [0.5, 0.6) is 5.88 Å². The quantitative estimate of drug-likeness (QED) is 0.561. The number of H-pyrrole nitrogens is 1. The number of aromatic nitrogens is 2. The highest BCUT2D eigenvalue weighted by atomic mass is 19.4. The molecule has 2 fully saturated rings. The minimum atomic E-state index is -5.08. The summed E-state index contributed by atoms with van der Waals surface area (Å²) >= 11 is 0. The van der Waals surface area contributed by atoms with Crippen molar-refractivity contribution < 1.29 is 37.3 Å². The highest BCUT2D eigenvalue weighted by Gasteiger charge is 2.54. The van der Waals surface area contributed by atoms with E-state index in [1.54, 1.807) is 6.20 Å². The summed E-state index contributed by atoms with van der Waals surface area (Å²) < 4.78 is 43.6. The zero-order chi connectivity index (χ0) is 25.1. The monoisotopic (exact) mass is 491 g/mol. The Labute approximate surface area is 198 Å². The number of benzene rings is 1. The SMILES string of the molecule is O=C(O)C(F)(F)F.O=C(c1cc2ccccc2[nH]1)N1CC2(C1)OCCC2CCOc1ccccn1. The zero-order valence-corrected chi connectivity index (χ0v) is 18.6. The van der Waals surface area contributed by atoms with Crippen LogP contribution in [0.1, 0.15) is 23.3 Å². The first-order valence-corrected chi connectivity index (χ1v) is 11.0. The number of aliphatic carboxylic acids is 1. The number of alkyl halides is 3. The van der Waals surface area contributed by atoms with Gasteiger partial charge in [-0.15, -0.1) is 0 Å². The number of para-hydroxylation sites is 1. The van der Waals surface area contributed by atoms with Gasteiger partial charge in [-0.25, -0.2) is 9.78 Å². The van der Waals surface area contributed by atoms with E-state index in [9.17, 15) is 18.0 Å². The normalized spacial score (nSPS) is 18.6. The minimum Gasteiger partial charge on any atom is -0.478 e. The Bertz CT molecular complexity index is 1140. The summed E-state index contributed by atoms with van der Waals surface area (Å²) in [6.07, 6.45) is -1.43. The van der Waals surface area contributed by atoms with Crippen LogP contribution in [0.3, 0.4) is 0 Å². The Morgan fingerprint density at radius 1 is 1.20 bits per heavy atom. The van der Waals surface area contributed by atoms with Crippen molar-refractivity contribution >= 4 is 22.8 Å². The van der Waals surface area contributed by atoms with E-state index in [4.69, 9.17) is 19.4 Å². The van der Waals surface area contributed by atoms with E-state index in [2.05, 4.69) is 9.97 Å². The lowest BCUT2D eigenvalue weighted by Crippen LogP contribution is -2.66. The predicted molar refractivity (Wildman–Crippen MR) is 119 cm³/mol. The first kappa shape index (κ1) is 24.5. The van der Waals surface area contributed by atoms with Crippen LogP contribution in [0, 0.1) is 5.92 Å². The maximum Gasteiger partial charge on any atom is 0.490 e. The van der Waals surface area contributed by atoms with Crippen molar-refractivity contribution in [1.82, 2.24) is 14.9 Å². The van der Waals surface area contributed by atoms with Crippen LogP contribution < -0.4 is 4.74 Å². The van der Waals surface area contributed by atoms with Crippen molar-refractivity contribution in [2.75, 3.05) is 26.3 Å². The number of nitrogens with one attached hydrogen (secondary N) is 1. The van der Waals surface area contributed by atoms with E-state index in [0.29, 0.717) is 37.2 Å². The number of carboxylic acid groups (broad SMARTS) is 1. The van der Waals surface area contributed by atoms with E-state index in [1.807, 2.05) is 53.4 Å². The molecule has 35 heavy (non-hydrogen) atoms. The van der Waals surface area contributed by atoms with Gasteiger partial charge in [-0.3, -0.25) is 4.79 Å². The van der Waals surface area contributed by atoms with Crippen molar-refractivity contribution in [3.63, 3.8) is 0 Å². The number of amides is 1. The molecule has 0 saturated carbocycles. The summed E-state index contributed by atoms with van der Waals surface area (Å²) in [5.41, 5.74) is 1.42. The van der Waals surface area contributed by atoms with Crippen LogP contribution in [-0.4, -0.2) is 69.9 Å². The van der Waals surface area contributed by atoms with Gasteiger partial charge >= 0.3 is 12.1 Å². The van der Waals surface area contributed by atoms with Gasteiger partial charge in [-0.2, -0.15) is 13.2 Å². The van der Waals surface area contributed by atoms with Crippen molar-refractivity contribution in [3.8, 4) is 5.88 Å². The van der Waals surface area contributed by atoms with Crippen LogP contribution in [-0.2, 0) is 9.53 Å². The summed E-state index contributed by atoms with van der Waals surface area (Å²) in [6.45, 7) is 2.66. The summed E-state index contributed by atoms with van der Waals surface area (Å²) in [4.78, 5) is 31.0. The largest absolute Gasteiger partial charge is 0.490 e. The van der Waals surface area contributed by atoms with Crippen molar-refractivity contribution in [2.45, 2.75) is 24.6 Å². The molecular formula is C24H24F3N3O5. The Balaban J connectivity index is 0.000000364. The molecule has 4 heterocycles. The van der Waals surface area contributed by atoms with Gasteiger partial charge in [0.05, 0.1) is 19.7 Å². The van der Waals surface area contributed by atoms with Crippen LogP contribution in [0.15, 0.2) is 54.7 Å². The van der Waals surface area contributed by atoms with Gasteiger partial charge < -0.3 is 24.5 Å². The van der Waals surface area contributed by atoms with E-state index in [0.717, 1.165) is 30.4 Å². The molecule has 0 radical (unpaired) electrons. The predicted octanol–water partition coefficient (Wildman–Crippen LogP) is 3.90. The molecule has 11 heteroatoms. The van der Waals surface area contributed by atoms with E-state index >= 15 is 0 Å². The number of rotatable bonds is 5. The molecule has 2 aromatic heterocycles. The van der Waals surface area contributed by atoms with E-state index < -0.39 is 12.1 Å². The fourth-order valence-corrected chi connectivity index (χ4v) is 4.38. The van der Waals surface area contributed by atoms with Gasteiger partial charge in [0, 0.05) is 29.8 Å². The smallest absolute Gasteiger partial charge is 0.478 e.